The number of amides is 1. The molecule has 15 heavy (non-hydrogen) atoms. The second-order valence-corrected chi connectivity index (χ2v) is 4.31. The molecule has 0 radical (unpaired) electrons. The standard InChI is InChI=1S/C12H23NO2/c1-3-4-5-8-11-9-6-7-10-13(11)12(14)15-2/h11H,3-10H2,1-2H3. The molecule has 1 unspecified atom stereocenters. The van der Waals surface area contributed by atoms with Crippen LogP contribution in [0.1, 0.15) is 51.9 Å². The van der Waals surface area contributed by atoms with E-state index in [1.165, 1.54) is 32.8 Å². The van der Waals surface area contributed by atoms with Crippen LogP contribution < -0.4 is 0 Å². The van der Waals surface area contributed by atoms with Gasteiger partial charge in [-0.05, 0) is 25.7 Å². The molecule has 1 saturated heterocycles. The van der Waals surface area contributed by atoms with Gasteiger partial charge in [-0.2, -0.15) is 0 Å². The predicted molar refractivity (Wildman–Crippen MR) is 60.9 cm³/mol. The molecule has 0 N–H and O–H groups in total. The van der Waals surface area contributed by atoms with Crippen molar-refractivity contribution in [1.82, 2.24) is 4.90 Å². The Morgan fingerprint density at radius 3 is 2.87 bits per heavy atom. The molecule has 1 amide bonds. The summed E-state index contributed by atoms with van der Waals surface area (Å²) in [6.45, 7) is 3.09. The van der Waals surface area contributed by atoms with Crippen molar-refractivity contribution in [3.8, 4) is 0 Å². The topological polar surface area (TPSA) is 29.5 Å². The fourth-order valence-electron chi connectivity index (χ4n) is 2.29. The minimum absolute atomic E-state index is 0.142. The van der Waals surface area contributed by atoms with Gasteiger partial charge in [-0.15, -0.1) is 0 Å². The fourth-order valence-corrected chi connectivity index (χ4v) is 2.29. The monoisotopic (exact) mass is 213 g/mol. The lowest BCUT2D eigenvalue weighted by atomic mass is 9.97. The van der Waals surface area contributed by atoms with E-state index in [9.17, 15) is 4.79 Å². The van der Waals surface area contributed by atoms with Gasteiger partial charge in [-0.3, -0.25) is 0 Å². The lowest BCUT2D eigenvalue weighted by molar-refractivity contribution is 0.0861. The van der Waals surface area contributed by atoms with Crippen LogP contribution in [0.2, 0.25) is 0 Å². The van der Waals surface area contributed by atoms with Gasteiger partial charge in [0.05, 0.1) is 7.11 Å². The number of rotatable bonds is 4. The van der Waals surface area contributed by atoms with Crippen molar-refractivity contribution in [3.63, 3.8) is 0 Å². The molecule has 3 heteroatoms. The lowest BCUT2D eigenvalue weighted by Crippen LogP contribution is -2.43. The molecule has 88 valence electrons. The maximum atomic E-state index is 11.5. The van der Waals surface area contributed by atoms with E-state index >= 15 is 0 Å². The first-order valence-electron chi connectivity index (χ1n) is 6.14. The van der Waals surface area contributed by atoms with Crippen LogP contribution in [0.15, 0.2) is 0 Å². The SMILES string of the molecule is CCCCCC1CCCCN1C(=O)OC. The van der Waals surface area contributed by atoms with E-state index in [4.69, 9.17) is 4.74 Å². The van der Waals surface area contributed by atoms with E-state index in [1.807, 2.05) is 4.90 Å². The molecule has 0 spiro atoms. The van der Waals surface area contributed by atoms with E-state index in [0.717, 1.165) is 25.8 Å². The van der Waals surface area contributed by atoms with Crippen molar-refractivity contribution in [2.45, 2.75) is 57.9 Å². The van der Waals surface area contributed by atoms with Crippen LogP contribution in [0.25, 0.3) is 0 Å². The Hall–Kier alpha value is -0.730. The number of nitrogens with zero attached hydrogens (tertiary/aromatic N) is 1. The summed E-state index contributed by atoms with van der Waals surface area (Å²) in [7, 11) is 1.47. The summed E-state index contributed by atoms with van der Waals surface area (Å²) in [5, 5.41) is 0. The number of hydrogen-bond acceptors (Lipinski definition) is 2. The maximum Gasteiger partial charge on any atom is 0.409 e. The summed E-state index contributed by atoms with van der Waals surface area (Å²) in [4.78, 5) is 13.4. The zero-order valence-electron chi connectivity index (χ0n) is 10.00. The van der Waals surface area contributed by atoms with E-state index in [0.29, 0.717) is 6.04 Å². The molecule has 1 aliphatic heterocycles. The van der Waals surface area contributed by atoms with Crippen LogP contribution in [0.4, 0.5) is 4.79 Å². The zero-order valence-corrected chi connectivity index (χ0v) is 10.00. The molecule has 0 aromatic heterocycles. The van der Waals surface area contributed by atoms with Crippen LogP contribution in [0.5, 0.6) is 0 Å². The maximum absolute atomic E-state index is 11.5. The van der Waals surface area contributed by atoms with Gasteiger partial charge < -0.3 is 9.64 Å². The van der Waals surface area contributed by atoms with Crippen LogP contribution >= 0.6 is 0 Å². The summed E-state index contributed by atoms with van der Waals surface area (Å²) < 4.78 is 4.81. The van der Waals surface area contributed by atoms with E-state index in [1.54, 1.807) is 0 Å². The fraction of sp³-hybridized carbons (Fsp3) is 0.917. The molecule has 1 fully saturated rings. The van der Waals surface area contributed by atoms with Crippen LogP contribution in [0, 0.1) is 0 Å². The largest absolute Gasteiger partial charge is 0.453 e. The highest BCUT2D eigenvalue weighted by molar-refractivity contribution is 5.67. The normalized spacial score (nSPS) is 21.5. The van der Waals surface area contributed by atoms with Crippen molar-refractivity contribution >= 4 is 6.09 Å². The van der Waals surface area contributed by atoms with Gasteiger partial charge in [-0.1, -0.05) is 26.2 Å². The summed E-state index contributed by atoms with van der Waals surface area (Å²) in [5.41, 5.74) is 0. The minimum atomic E-state index is -0.142. The van der Waals surface area contributed by atoms with Gasteiger partial charge >= 0.3 is 6.09 Å². The Labute approximate surface area is 92.8 Å². The summed E-state index contributed by atoms with van der Waals surface area (Å²) in [5.74, 6) is 0. The van der Waals surface area contributed by atoms with Gasteiger partial charge in [0.25, 0.3) is 0 Å². The van der Waals surface area contributed by atoms with Crippen molar-refractivity contribution in [1.29, 1.82) is 0 Å². The van der Waals surface area contributed by atoms with Gasteiger partial charge in [0, 0.05) is 12.6 Å². The highest BCUT2D eigenvalue weighted by Gasteiger charge is 2.26. The van der Waals surface area contributed by atoms with Gasteiger partial charge in [0.1, 0.15) is 0 Å². The number of methoxy groups -OCH3 is 1. The Morgan fingerprint density at radius 1 is 1.40 bits per heavy atom. The first kappa shape index (κ1) is 12.3. The number of carbonyl (C=O) groups is 1. The minimum Gasteiger partial charge on any atom is -0.453 e. The molecule has 0 bridgehead atoms. The third-order valence-corrected chi connectivity index (χ3v) is 3.18. The van der Waals surface area contributed by atoms with E-state index < -0.39 is 0 Å². The molecule has 0 aromatic carbocycles. The van der Waals surface area contributed by atoms with E-state index in [-0.39, 0.29) is 6.09 Å². The van der Waals surface area contributed by atoms with Crippen molar-refractivity contribution in [2.75, 3.05) is 13.7 Å². The highest BCUT2D eigenvalue weighted by Crippen LogP contribution is 2.22. The molecule has 1 rings (SSSR count). The molecular formula is C12H23NO2. The second-order valence-electron chi connectivity index (χ2n) is 4.31. The van der Waals surface area contributed by atoms with Crippen molar-refractivity contribution < 1.29 is 9.53 Å². The molecule has 0 aliphatic carbocycles. The lowest BCUT2D eigenvalue weighted by Gasteiger charge is -2.34. The van der Waals surface area contributed by atoms with Crippen LogP contribution in [-0.2, 0) is 4.74 Å². The molecule has 1 aliphatic rings. The quantitative estimate of drug-likeness (QED) is 0.671. The average Bonchev–Trinajstić information content (AvgIpc) is 2.29. The first-order valence-corrected chi connectivity index (χ1v) is 6.14. The zero-order chi connectivity index (χ0) is 11.1. The predicted octanol–water partition coefficient (Wildman–Crippen LogP) is 3.19. The van der Waals surface area contributed by atoms with Gasteiger partial charge in [-0.25, -0.2) is 4.79 Å². The smallest absolute Gasteiger partial charge is 0.409 e. The van der Waals surface area contributed by atoms with E-state index in [2.05, 4.69) is 6.92 Å². The number of unbranched alkanes of at least 4 members (excludes halogenated alkanes) is 2. The molecule has 1 heterocycles. The Bertz CT molecular complexity index is 194. The van der Waals surface area contributed by atoms with Crippen molar-refractivity contribution in [2.24, 2.45) is 0 Å². The van der Waals surface area contributed by atoms with Crippen molar-refractivity contribution in [3.05, 3.63) is 0 Å². The number of ether oxygens (including phenoxy) is 1. The Morgan fingerprint density at radius 2 is 2.20 bits per heavy atom. The average molecular weight is 213 g/mol. The van der Waals surface area contributed by atoms with Crippen LogP contribution in [0.3, 0.4) is 0 Å². The molecule has 0 saturated carbocycles. The Balaban J connectivity index is 2.39. The number of piperidine rings is 1. The second kappa shape index (κ2) is 6.70. The van der Waals surface area contributed by atoms with Crippen LogP contribution in [-0.4, -0.2) is 30.7 Å². The number of carbonyl (C=O) groups excluding carboxylic acids is 1. The molecular weight excluding hydrogens is 190 g/mol. The molecule has 1 atom stereocenters. The summed E-state index contributed by atoms with van der Waals surface area (Å²) >= 11 is 0. The third kappa shape index (κ3) is 3.73. The number of likely N-dealkylation sites (tertiary alicyclic amines) is 1. The number of hydrogen-bond donors (Lipinski definition) is 0. The third-order valence-electron chi connectivity index (χ3n) is 3.18. The first-order chi connectivity index (χ1) is 7.29. The van der Waals surface area contributed by atoms with Gasteiger partial charge in [0.15, 0.2) is 0 Å². The Kier molecular flexibility index (Phi) is 5.51. The summed E-state index contributed by atoms with van der Waals surface area (Å²) in [6, 6.07) is 0.428. The van der Waals surface area contributed by atoms with Gasteiger partial charge in [0.2, 0.25) is 0 Å². The molecule has 0 aromatic rings. The highest BCUT2D eigenvalue weighted by atomic mass is 16.5. The molecule has 3 nitrogen and oxygen atoms in total. The summed E-state index contributed by atoms with van der Waals surface area (Å²) in [6.07, 6.45) is 8.27.